The van der Waals surface area contributed by atoms with Gasteiger partial charge in [0.25, 0.3) is 0 Å². The lowest BCUT2D eigenvalue weighted by Crippen LogP contribution is -2.33. The molecule has 0 unspecified atom stereocenters. The molecule has 8 heteroatoms. The first-order chi connectivity index (χ1) is 14.3. The molecule has 2 aromatic rings. The quantitative estimate of drug-likeness (QED) is 0.655. The van der Waals surface area contributed by atoms with Crippen molar-refractivity contribution in [2.75, 3.05) is 23.9 Å². The van der Waals surface area contributed by atoms with Gasteiger partial charge in [0, 0.05) is 19.0 Å². The molecule has 7 nitrogen and oxygen atoms in total. The van der Waals surface area contributed by atoms with Crippen molar-refractivity contribution < 1.29 is 22.7 Å². The second-order valence-electron chi connectivity index (χ2n) is 7.42. The Morgan fingerprint density at radius 3 is 2.50 bits per heavy atom. The van der Waals surface area contributed by atoms with Gasteiger partial charge in [0.2, 0.25) is 22.7 Å². The van der Waals surface area contributed by atoms with Gasteiger partial charge >= 0.3 is 0 Å². The smallest absolute Gasteiger partial charge is 0.232 e. The van der Waals surface area contributed by atoms with Gasteiger partial charge in [-0.2, -0.15) is 0 Å². The summed E-state index contributed by atoms with van der Waals surface area (Å²) in [6, 6.07) is 13.1. The van der Waals surface area contributed by atoms with E-state index in [0.717, 1.165) is 18.2 Å². The van der Waals surface area contributed by atoms with Crippen LogP contribution in [0, 0.1) is 6.92 Å². The zero-order valence-electron chi connectivity index (χ0n) is 17.6. The molecule has 1 amide bonds. The molecule has 1 N–H and O–H groups in total. The van der Waals surface area contributed by atoms with Crippen molar-refractivity contribution in [1.29, 1.82) is 0 Å². The number of hydrogen-bond acceptors (Lipinski definition) is 5. The number of fused-ring (bicyclic) bond motifs is 1. The molecule has 0 saturated heterocycles. The van der Waals surface area contributed by atoms with Gasteiger partial charge in [-0.3, -0.25) is 9.10 Å². The molecular formula is C22H28N2O5S. The van der Waals surface area contributed by atoms with E-state index in [0.29, 0.717) is 23.6 Å². The van der Waals surface area contributed by atoms with Crippen LogP contribution >= 0.6 is 0 Å². The van der Waals surface area contributed by atoms with Gasteiger partial charge in [-0.1, -0.05) is 36.8 Å². The maximum atomic E-state index is 12.5. The fraction of sp³-hybridized carbons (Fsp3) is 0.409. The predicted octanol–water partition coefficient (Wildman–Crippen LogP) is 3.54. The van der Waals surface area contributed by atoms with Crippen molar-refractivity contribution in [3.05, 3.63) is 53.6 Å². The minimum atomic E-state index is -3.50. The van der Waals surface area contributed by atoms with Gasteiger partial charge in [-0.05, 0) is 37.5 Å². The third-order valence-electron chi connectivity index (χ3n) is 5.03. The molecule has 162 valence electrons. The number of anilines is 1. The summed E-state index contributed by atoms with van der Waals surface area (Å²) >= 11 is 0. The van der Waals surface area contributed by atoms with E-state index in [1.165, 1.54) is 9.87 Å². The summed E-state index contributed by atoms with van der Waals surface area (Å²) in [7, 11) is -3.50. The van der Waals surface area contributed by atoms with Crippen LogP contribution in [0.1, 0.15) is 43.4 Å². The Morgan fingerprint density at radius 1 is 1.13 bits per heavy atom. The zero-order valence-corrected chi connectivity index (χ0v) is 18.4. The molecule has 0 radical (unpaired) electrons. The van der Waals surface area contributed by atoms with E-state index in [1.807, 2.05) is 38.1 Å². The van der Waals surface area contributed by atoms with Crippen LogP contribution in [-0.2, 0) is 14.8 Å². The molecule has 0 fully saturated rings. The van der Waals surface area contributed by atoms with Crippen LogP contribution in [0.25, 0.3) is 0 Å². The van der Waals surface area contributed by atoms with E-state index < -0.39 is 10.0 Å². The maximum absolute atomic E-state index is 12.5. The summed E-state index contributed by atoms with van der Waals surface area (Å²) in [5.41, 5.74) is 2.73. The van der Waals surface area contributed by atoms with Crippen molar-refractivity contribution >= 4 is 21.6 Å². The van der Waals surface area contributed by atoms with Gasteiger partial charge in [0.15, 0.2) is 11.5 Å². The van der Waals surface area contributed by atoms with E-state index in [1.54, 1.807) is 18.2 Å². The molecule has 0 saturated carbocycles. The molecular weight excluding hydrogens is 404 g/mol. The molecule has 0 aromatic heterocycles. The second kappa shape index (κ2) is 9.38. The van der Waals surface area contributed by atoms with Crippen molar-refractivity contribution in [3.63, 3.8) is 0 Å². The van der Waals surface area contributed by atoms with Gasteiger partial charge < -0.3 is 14.8 Å². The molecule has 0 spiro atoms. The summed E-state index contributed by atoms with van der Waals surface area (Å²) in [5, 5.41) is 3.05. The molecule has 2 aromatic carbocycles. The number of sulfonamides is 1. The van der Waals surface area contributed by atoms with Crippen LogP contribution in [0.4, 0.5) is 5.69 Å². The number of nitrogens with zero attached hydrogens (tertiary/aromatic N) is 1. The highest BCUT2D eigenvalue weighted by atomic mass is 32.2. The van der Waals surface area contributed by atoms with E-state index in [2.05, 4.69) is 5.32 Å². The van der Waals surface area contributed by atoms with Gasteiger partial charge in [-0.25, -0.2) is 8.42 Å². The SMILES string of the molecule is CC[C@@H](NC(=O)CCCN(c1ccc2c(c1)OCO2)S(C)(=O)=O)c1ccc(C)cc1. The summed E-state index contributed by atoms with van der Waals surface area (Å²) in [6.45, 7) is 4.37. The molecule has 1 aliphatic rings. The summed E-state index contributed by atoms with van der Waals surface area (Å²) in [5.74, 6) is 1.01. The van der Waals surface area contributed by atoms with Crippen LogP contribution in [0.2, 0.25) is 0 Å². The molecule has 1 aliphatic heterocycles. The fourth-order valence-corrected chi connectivity index (χ4v) is 4.35. The number of hydrogen-bond donors (Lipinski definition) is 1. The van der Waals surface area contributed by atoms with Gasteiger partial charge in [0.1, 0.15) is 0 Å². The van der Waals surface area contributed by atoms with Crippen LogP contribution in [0.3, 0.4) is 0 Å². The maximum Gasteiger partial charge on any atom is 0.232 e. The predicted molar refractivity (Wildman–Crippen MR) is 116 cm³/mol. The first-order valence-corrected chi connectivity index (χ1v) is 11.9. The van der Waals surface area contributed by atoms with E-state index in [9.17, 15) is 13.2 Å². The number of nitrogens with one attached hydrogen (secondary N) is 1. The van der Waals surface area contributed by atoms with Crippen molar-refractivity contribution in [3.8, 4) is 11.5 Å². The molecule has 0 aliphatic carbocycles. The van der Waals surface area contributed by atoms with Gasteiger partial charge in [0.05, 0.1) is 18.0 Å². The molecule has 3 rings (SSSR count). The minimum absolute atomic E-state index is 0.0574. The number of amides is 1. The van der Waals surface area contributed by atoms with Gasteiger partial charge in [-0.15, -0.1) is 0 Å². The van der Waals surface area contributed by atoms with Crippen molar-refractivity contribution in [2.24, 2.45) is 0 Å². The highest BCUT2D eigenvalue weighted by molar-refractivity contribution is 7.92. The molecule has 30 heavy (non-hydrogen) atoms. The number of ether oxygens (including phenoxy) is 2. The average molecular weight is 433 g/mol. The Balaban J connectivity index is 1.59. The topological polar surface area (TPSA) is 84.9 Å². The monoisotopic (exact) mass is 432 g/mol. The minimum Gasteiger partial charge on any atom is -0.454 e. The van der Waals surface area contributed by atoms with E-state index in [4.69, 9.17) is 9.47 Å². The molecule has 1 atom stereocenters. The lowest BCUT2D eigenvalue weighted by atomic mass is 10.0. The Labute approximate surface area is 178 Å². The lowest BCUT2D eigenvalue weighted by Gasteiger charge is -2.23. The largest absolute Gasteiger partial charge is 0.454 e. The Bertz CT molecular complexity index is 989. The van der Waals surface area contributed by atoms with Crippen LogP contribution in [0.15, 0.2) is 42.5 Å². The first kappa shape index (κ1) is 22.0. The van der Waals surface area contributed by atoms with Crippen molar-refractivity contribution in [1.82, 2.24) is 5.32 Å². The van der Waals surface area contributed by atoms with Crippen LogP contribution < -0.4 is 19.1 Å². The Hall–Kier alpha value is -2.74. The summed E-state index contributed by atoms with van der Waals surface area (Å²) < 4.78 is 36.5. The third-order valence-corrected chi connectivity index (χ3v) is 6.23. The second-order valence-corrected chi connectivity index (χ2v) is 9.32. The highest BCUT2D eigenvalue weighted by Crippen LogP contribution is 2.36. The lowest BCUT2D eigenvalue weighted by molar-refractivity contribution is -0.121. The fourth-order valence-electron chi connectivity index (χ4n) is 3.40. The van der Waals surface area contributed by atoms with Crippen molar-refractivity contribution in [2.45, 2.75) is 39.2 Å². The van der Waals surface area contributed by atoms with E-state index in [-0.39, 0.29) is 31.7 Å². The molecule has 0 bridgehead atoms. The number of benzene rings is 2. The summed E-state index contributed by atoms with van der Waals surface area (Å²) in [4.78, 5) is 12.5. The zero-order chi connectivity index (χ0) is 21.7. The van der Waals surface area contributed by atoms with Crippen LogP contribution in [-0.4, -0.2) is 33.9 Å². The highest BCUT2D eigenvalue weighted by Gasteiger charge is 2.22. The van der Waals surface area contributed by atoms with Crippen LogP contribution in [0.5, 0.6) is 11.5 Å². The number of aryl methyl sites for hydroxylation is 1. The van der Waals surface area contributed by atoms with E-state index >= 15 is 0 Å². The number of carbonyl (C=O) groups excluding carboxylic acids is 1. The Kier molecular flexibility index (Phi) is 6.87. The Morgan fingerprint density at radius 2 is 1.83 bits per heavy atom. The standard InChI is InChI=1S/C22H28N2O5S/c1-4-19(17-9-7-16(2)8-10-17)23-22(25)6-5-13-24(30(3,26)27)18-11-12-20-21(14-18)29-15-28-20/h7-12,14,19H,4-6,13,15H2,1-3H3,(H,23,25)/t19-/m1/s1. The number of rotatable bonds is 9. The first-order valence-electron chi connectivity index (χ1n) is 10.0. The number of carbonyl (C=O) groups is 1. The average Bonchev–Trinajstić information content (AvgIpc) is 3.17. The third kappa shape index (κ3) is 5.44. The summed E-state index contributed by atoms with van der Waals surface area (Å²) in [6.07, 6.45) is 2.57. The molecule has 1 heterocycles. The normalized spacial score (nSPS) is 13.7.